The maximum atomic E-state index is 13.3. The molecule has 2 unspecified atom stereocenters. The van der Waals surface area contributed by atoms with Crippen LogP contribution in [-0.2, 0) is 0 Å². The van der Waals surface area contributed by atoms with Gasteiger partial charge in [0.05, 0.1) is 0 Å². The van der Waals surface area contributed by atoms with Gasteiger partial charge in [-0.15, -0.1) is 0 Å². The van der Waals surface area contributed by atoms with Gasteiger partial charge in [-0.2, -0.15) is 0 Å². The van der Waals surface area contributed by atoms with Crippen molar-refractivity contribution in [2.24, 2.45) is 0 Å². The molecule has 1 aliphatic rings. The summed E-state index contributed by atoms with van der Waals surface area (Å²) in [6, 6.07) is 4.30. The Bertz CT molecular complexity index is 400. The van der Waals surface area contributed by atoms with Crippen LogP contribution in [0.4, 0.5) is 8.78 Å². The van der Waals surface area contributed by atoms with E-state index in [-0.39, 0.29) is 6.04 Å². The van der Waals surface area contributed by atoms with E-state index in [9.17, 15) is 8.78 Å². The first-order chi connectivity index (χ1) is 9.11. The molecule has 1 aliphatic heterocycles. The molecule has 19 heavy (non-hydrogen) atoms. The van der Waals surface area contributed by atoms with Crippen molar-refractivity contribution in [2.45, 2.75) is 38.3 Å². The molecule has 0 saturated carbocycles. The van der Waals surface area contributed by atoms with Gasteiger partial charge >= 0.3 is 0 Å². The second kappa shape index (κ2) is 6.44. The standard InChI is InChI=1S/C15H22F2N2/c1-11(12-7-13(16)9-14(17)8-12)19-6-4-3-5-15(19)10-18-2/h7-9,11,15,18H,3-6,10H2,1-2H3. The maximum absolute atomic E-state index is 13.3. The summed E-state index contributed by atoms with van der Waals surface area (Å²) in [5.41, 5.74) is 0.723. The first-order valence-corrected chi connectivity index (χ1v) is 6.98. The molecule has 1 heterocycles. The van der Waals surface area contributed by atoms with Crippen LogP contribution in [0.1, 0.15) is 37.8 Å². The predicted molar refractivity (Wildman–Crippen MR) is 73.0 cm³/mol. The van der Waals surface area contributed by atoms with E-state index in [4.69, 9.17) is 0 Å². The Balaban J connectivity index is 2.18. The van der Waals surface area contributed by atoms with Gasteiger partial charge in [0.15, 0.2) is 0 Å². The lowest BCUT2D eigenvalue weighted by atomic mass is 9.97. The molecule has 2 nitrogen and oxygen atoms in total. The predicted octanol–water partition coefficient (Wildman–Crippen LogP) is 3.10. The average Bonchev–Trinajstić information content (AvgIpc) is 2.38. The van der Waals surface area contributed by atoms with Gasteiger partial charge in [-0.1, -0.05) is 6.42 Å². The lowest BCUT2D eigenvalue weighted by Crippen LogP contribution is -2.45. The van der Waals surface area contributed by atoms with Gasteiger partial charge < -0.3 is 5.32 Å². The summed E-state index contributed by atoms with van der Waals surface area (Å²) < 4.78 is 26.7. The molecule has 4 heteroatoms. The molecule has 1 aromatic rings. The highest BCUT2D eigenvalue weighted by Gasteiger charge is 2.27. The molecule has 0 aromatic heterocycles. The molecule has 0 radical (unpaired) electrons. The topological polar surface area (TPSA) is 15.3 Å². The fourth-order valence-corrected chi connectivity index (χ4v) is 3.00. The van der Waals surface area contributed by atoms with Crippen LogP contribution in [0.3, 0.4) is 0 Å². The third-order valence-corrected chi connectivity index (χ3v) is 3.98. The number of halogens is 2. The fourth-order valence-electron chi connectivity index (χ4n) is 3.00. The van der Waals surface area contributed by atoms with E-state index in [1.807, 2.05) is 14.0 Å². The quantitative estimate of drug-likeness (QED) is 0.902. The minimum atomic E-state index is -0.496. The second-order valence-electron chi connectivity index (χ2n) is 5.32. The van der Waals surface area contributed by atoms with E-state index >= 15 is 0 Å². The molecule has 1 N–H and O–H groups in total. The molecule has 2 rings (SSSR count). The summed E-state index contributed by atoms with van der Waals surface area (Å²) in [4.78, 5) is 2.36. The summed E-state index contributed by atoms with van der Waals surface area (Å²) in [6.45, 7) is 3.94. The van der Waals surface area contributed by atoms with Gasteiger partial charge in [-0.05, 0) is 51.1 Å². The number of hydrogen-bond donors (Lipinski definition) is 1. The molecule has 1 fully saturated rings. The number of likely N-dealkylation sites (tertiary alicyclic amines) is 1. The number of likely N-dealkylation sites (N-methyl/N-ethyl adjacent to an activating group) is 1. The minimum Gasteiger partial charge on any atom is -0.318 e. The zero-order valence-corrected chi connectivity index (χ0v) is 11.6. The van der Waals surface area contributed by atoms with Gasteiger partial charge in [0.2, 0.25) is 0 Å². The average molecular weight is 268 g/mol. The molecule has 0 spiro atoms. The van der Waals surface area contributed by atoms with Crippen LogP contribution in [0.25, 0.3) is 0 Å². The SMILES string of the molecule is CNCC1CCCCN1C(C)c1cc(F)cc(F)c1. The van der Waals surface area contributed by atoms with E-state index in [1.54, 1.807) is 0 Å². The summed E-state index contributed by atoms with van der Waals surface area (Å²) in [7, 11) is 1.94. The summed E-state index contributed by atoms with van der Waals surface area (Å²) in [5.74, 6) is -0.993. The smallest absolute Gasteiger partial charge is 0.126 e. The van der Waals surface area contributed by atoms with E-state index in [2.05, 4.69) is 10.2 Å². The van der Waals surface area contributed by atoms with Crippen LogP contribution < -0.4 is 5.32 Å². The number of hydrogen-bond acceptors (Lipinski definition) is 2. The Hall–Kier alpha value is -1.00. The molecule has 0 bridgehead atoms. The normalized spacial score (nSPS) is 22.4. The van der Waals surface area contributed by atoms with Crippen molar-refractivity contribution in [3.8, 4) is 0 Å². The number of nitrogens with zero attached hydrogens (tertiary/aromatic N) is 1. The number of nitrogens with one attached hydrogen (secondary N) is 1. The molecule has 0 amide bonds. The fraction of sp³-hybridized carbons (Fsp3) is 0.600. The monoisotopic (exact) mass is 268 g/mol. The Kier molecular flexibility index (Phi) is 4.88. The van der Waals surface area contributed by atoms with Crippen molar-refractivity contribution in [1.29, 1.82) is 0 Å². The summed E-state index contributed by atoms with van der Waals surface area (Å²) in [5, 5.41) is 3.21. The van der Waals surface area contributed by atoms with Gasteiger partial charge in [0, 0.05) is 24.7 Å². The maximum Gasteiger partial charge on any atom is 0.126 e. The zero-order chi connectivity index (χ0) is 13.8. The zero-order valence-electron chi connectivity index (χ0n) is 11.6. The third-order valence-electron chi connectivity index (χ3n) is 3.98. The van der Waals surface area contributed by atoms with Crippen molar-refractivity contribution in [1.82, 2.24) is 10.2 Å². The number of rotatable bonds is 4. The molecule has 0 aliphatic carbocycles. The summed E-state index contributed by atoms with van der Waals surface area (Å²) >= 11 is 0. The molecular formula is C15H22F2N2. The van der Waals surface area contributed by atoms with Crippen LogP contribution in [0.5, 0.6) is 0 Å². The molecule has 1 saturated heterocycles. The third kappa shape index (κ3) is 3.51. The number of piperidine rings is 1. The number of benzene rings is 1. The lowest BCUT2D eigenvalue weighted by Gasteiger charge is -2.40. The first-order valence-electron chi connectivity index (χ1n) is 6.98. The van der Waals surface area contributed by atoms with Gasteiger partial charge in [0.25, 0.3) is 0 Å². The van der Waals surface area contributed by atoms with Crippen LogP contribution in [0, 0.1) is 11.6 Å². The van der Waals surface area contributed by atoms with E-state index in [0.717, 1.165) is 37.6 Å². The van der Waals surface area contributed by atoms with Crippen LogP contribution in [-0.4, -0.2) is 31.1 Å². The minimum absolute atomic E-state index is 0.0452. The van der Waals surface area contributed by atoms with Crippen LogP contribution in [0.15, 0.2) is 18.2 Å². The Morgan fingerprint density at radius 1 is 1.26 bits per heavy atom. The Morgan fingerprint density at radius 3 is 2.58 bits per heavy atom. The molecular weight excluding hydrogens is 246 g/mol. The molecule has 106 valence electrons. The van der Waals surface area contributed by atoms with Gasteiger partial charge in [-0.3, -0.25) is 4.90 Å². The van der Waals surface area contributed by atoms with Crippen LogP contribution in [0.2, 0.25) is 0 Å². The molecule has 2 atom stereocenters. The first kappa shape index (κ1) is 14.4. The van der Waals surface area contributed by atoms with E-state index in [0.29, 0.717) is 6.04 Å². The van der Waals surface area contributed by atoms with E-state index in [1.165, 1.54) is 18.6 Å². The summed E-state index contributed by atoms with van der Waals surface area (Å²) in [6.07, 6.45) is 3.53. The van der Waals surface area contributed by atoms with Crippen molar-refractivity contribution in [3.05, 3.63) is 35.4 Å². The van der Waals surface area contributed by atoms with Gasteiger partial charge in [0.1, 0.15) is 11.6 Å². The molecule has 1 aromatic carbocycles. The van der Waals surface area contributed by atoms with Crippen molar-refractivity contribution in [2.75, 3.05) is 20.1 Å². The highest BCUT2D eigenvalue weighted by Crippen LogP contribution is 2.28. The second-order valence-corrected chi connectivity index (χ2v) is 5.32. The Morgan fingerprint density at radius 2 is 1.95 bits per heavy atom. The highest BCUT2D eigenvalue weighted by molar-refractivity contribution is 5.21. The van der Waals surface area contributed by atoms with E-state index < -0.39 is 11.6 Å². The lowest BCUT2D eigenvalue weighted by molar-refractivity contribution is 0.103. The largest absolute Gasteiger partial charge is 0.318 e. The highest BCUT2D eigenvalue weighted by atomic mass is 19.1. The Labute approximate surface area is 113 Å². The van der Waals surface area contributed by atoms with Gasteiger partial charge in [-0.25, -0.2) is 8.78 Å². The van der Waals surface area contributed by atoms with Crippen molar-refractivity contribution < 1.29 is 8.78 Å². The van der Waals surface area contributed by atoms with Crippen LogP contribution >= 0.6 is 0 Å². The van der Waals surface area contributed by atoms with Crippen molar-refractivity contribution in [3.63, 3.8) is 0 Å². The van der Waals surface area contributed by atoms with Crippen molar-refractivity contribution >= 4 is 0 Å².